The van der Waals surface area contributed by atoms with Crippen LogP contribution in [-0.4, -0.2) is 34.7 Å². The zero-order valence-electron chi connectivity index (χ0n) is 16.5. The molecule has 0 bridgehead atoms. The van der Waals surface area contributed by atoms with E-state index in [1.807, 2.05) is 0 Å². The highest BCUT2D eigenvalue weighted by Crippen LogP contribution is 2.31. The van der Waals surface area contributed by atoms with Crippen molar-refractivity contribution in [1.82, 2.24) is 9.97 Å². The van der Waals surface area contributed by atoms with Crippen LogP contribution in [0.1, 0.15) is 16.1 Å². The number of carbonyl (C=O) groups excluding carboxylic acids is 2. The number of ether oxygens (including phenoxy) is 1. The molecule has 3 rings (SSSR count). The number of rotatable bonds is 8. The zero-order chi connectivity index (χ0) is 23.3. The molecule has 0 aliphatic rings. The average molecular weight is 445 g/mol. The third-order valence-electron chi connectivity index (χ3n) is 4.26. The molecule has 2 aromatic carbocycles. The predicted octanol–water partition coefficient (Wildman–Crippen LogP) is 2.99. The fraction of sp³-hybridized carbons (Fsp3) is 0.143. The van der Waals surface area contributed by atoms with Gasteiger partial charge in [0.15, 0.2) is 5.82 Å². The molecule has 0 saturated carbocycles. The van der Waals surface area contributed by atoms with Gasteiger partial charge in [-0.05, 0) is 48.5 Å². The van der Waals surface area contributed by atoms with Crippen LogP contribution in [0.5, 0.6) is 11.5 Å². The van der Waals surface area contributed by atoms with Crippen LogP contribution in [0.15, 0.2) is 54.6 Å². The van der Waals surface area contributed by atoms with Gasteiger partial charge >= 0.3 is 6.18 Å². The van der Waals surface area contributed by atoms with Crippen molar-refractivity contribution in [2.24, 2.45) is 11.5 Å². The van der Waals surface area contributed by atoms with Crippen molar-refractivity contribution in [3.63, 3.8) is 0 Å². The van der Waals surface area contributed by atoms with E-state index in [9.17, 15) is 22.8 Å². The minimum atomic E-state index is -4.43. The van der Waals surface area contributed by atoms with Crippen molar-refractivity contribution in [2.75, 3.05) is 11.9 Å². The smallest absolute Gasteiger partial charge is 0.416 e. The molecule has 1 amide bonds. The van der Waals surface area contributed by atoms with Crippen molar-refractivity contribution < 1.29 is 27.5 Å². The number of benzene rings is 2. The number of carbonyl (C=O) groups is 2. The first-order valence-corrected chi connectivity index (χ1v) is 9.26. The summed E-state index contributed by atoms with van der Waals surface area (Å²) >= 11 is 0. The number of halogens is 3. The van der Waals surface area contributed by atoms with Crippen LogP contribution in [0.3, 0.4) is 0 Å². The summed E-state index contributed by atoms with van der Waals surface area (Å²) in [5.74, 6) is 0.158. The van der Waals surface area contributed by atoms with Crippen LogP contribution in [0.25, 0.3) is 11.4 Å². The van der Waals surface area contributed by atoms with E-state index < -0.39 is 23.7 Å². The number of alkyl halides is 3. The van der Waals surface area contributed by atoms with Gasteiger partial charge in [0.1, 0.15) is 29.3 Å². The third kappa shape index (κ3) is 5.58. The molecule has 0 fully saturated rings. The largest absolute Gasteiger partial charge is 0.457 e. The van der Waals surface area contributed by atoms with Crippen molar-refractivity contribution in [2.45, 2.75) is 12.2 Å². The van der Waals surface area contributed by atoms with Gasteiger partial charge < -0.3 is 26.3 Å². The van der Waals surface area contributed by atoms with Crippen molar-refractivity contribution in [1.29, 1.82) is 0 Å². The van der Waals surface area contributed by atoms with E-state index in [2.05, 4.69) is 15.3 Å². The first kappa shape index (κ1) is 22.7. The zero-order valence-corrected chi connectivity index (χ0v) is 16.5. The van der Waals surface area contributed by atoms with Gasteiger partial charge in [-0.25, -0.2) is 9.97 Å². The maximum absolute atomic E-state index is 12.7. The van der Waals surface area contributed by atoms with E-state index >= 15 is 0 Å². The van der Waals surface area contributed by atoms with Crippen LogP contribution in [0, 0.1) is 0 Å². The molecule has 166 valence electrons. The number of anilines is 1. The summed E-state index contributed by atoms with van der Waals surface area (Å²) in [5, 5.41) is 2.79. The van der Waals surface area contributed by atoms with Crippen LogP contribution >= 0.6 is 0 Å². The fourth-order valence-corrected chi connectivity index (χ4v) is 2.64. The molecule has 0 saturated heterocycles. The summed E-state index contributed by atoms with van der Waals surface area (Å²) in [7, 11) is 0. The molecule has 1 heterocycles. The number of aldehydes is 1. The Morgan fingerprint density at radius 3 is 2.16 bits per heavy atom. The van der Waals surface area contributed by atoms with Crippen LogP contribution in [0.2, 0.25) is 0 Å². The topological polar surface area (TPSA) is 133 Å². The molecule has 1 aromatic heterocycles. The fourth-order valence-electron chi connectivity index (χ4n) is 2.64. The average Bonchev–Trinajstić information content (AvgIpc) is 2.77. The van der Waals surface area contributed by atoms with Gasteiger partial charge in [-0.1, -0.05) is 0 Å². The van der Waals surface area contributed by atoms with Crippen LogP contribution in [-0.2, 0) is 11.0 Å². The Labute approximate surface area is 180 Å². The van der Waals surface area contributed by atoms with Crippen molar-refractivity contribution in [3.8, 4) is 22.9 Å². The molecular weight excluding hydrogens is 427 g/mol. The van der Waals surface area contributed by atoms with Gasteiger partial charge in [0, 0.05) is 18.2 Å². The van der Waals surface area contributed by atoms with Gasteiger partial charge in [-0.2, -0.15) is 13.2 Å². The molecule has 0 aliphatic carbocycles. The molecule has 0 aliphatic heterocycles. The summed E-state index contributed by atoms with van der Waals surface area (Å²) in [6.45, 7) is 0.0186. The minimum Gasteiger partial charge on any atom is -0.457 e. The summed E-state index contributed by atoms with van der Waals surface area (Å²) in [4.78, 5) is 31.0. The Balaban J connectivity index is 1.82. The maximum atomic E-state index is 12.7. The number of amides is 1. The van der Waals surface area contributed by atoms with E-state index in [1.165, 1.54) is 18.2 Å². The quantitative estimate of drug-likeness (QED) is 0.454. The molecule has 1 unspecified atom stereocenters. The summed E-state index contributed by atoms with van der Waals surface area (Å²) in [5.41, 5.74) is 10.5. The molecule has 8 nitrogen and oxygen atoms in total. The molecule has 1 atom stereocenters. The highest BCUT2D eigenvalue weighted by molar-refractivity contribution is 5.92. The minimum absolute atomic E-state index is 0.0186. The van der Waals surface area contributed by atoms with Gasteiger partial charge in [0.25, 0.3) is 5.91 Å². The van der Waals surface area contributed by atoms with Gasteiger partial charge in [-0.15, -0.1) is 0 Å². The molecule has 0 radical (unpaired) electrons. The summed E-state index contributed by atoms with van der Waals surface area (Å²) in [6, 6.07) is 11.2. The molecule has 5 N–H and O–H groups in total. The Kier molecular flexibility index (Phi) is 6.69. The maximum Gasteiger partial charge on any atom is 0.416 e. The Morgan fingerprint density at radius 1 is 1.06 bits per heavy atom. The van der Waals surface area contributed by atoms with Crippen LogP contribution in [0.4, 0.5) is 19.0 Å². The van der Waals surface area contributed by atoms with Gasteiger partial charge in [0.2, 0.25) is 0 Å². The number of hydrogen-bond donors (Lipinski definition) is 3. The lowest BCUT2D eigenvalue weighted by Crippen LogP contribution is -2.30. The Morgan fingerprint density at radius 2 is 1.66 bits per heavy atom. The molecule has 32 heavy (non-hydrogen) atoms. The van der Waals surface area contributed by atoms with E-state index in [1.54, 1.807) is 24.3 Å². The first-order chi connectivity index (χ1) is 15.2. The first-order valence-electron chi connectivity index (χ1n) is 9.26. The van der Waals surface area contributed by atoms with Crippen molar-refractivity contribution in [3.05, 3.63) is 65.9 Å². The number of primary amides is 1. The second-order valence-corrected chi connectivity index (χ2v) is 6.60. The number of nitrogens with one attached hydrogen (secondary N) is 1. The molecule has 0 spiro atoms. The normalized spacial score (nSPS) is 12.1. The SMILES string of the molecule is NCC(C=O)Nc1cc(C(N)=O)nc(-c2ccc(Oc3ccc(C(F)(F)F)cc3)cc2)n1. The number of nitrogens with two attached hydrogens (primary N) is 2. The monoisotopic (exact) mass is 445 g/mol. The van der Waals surface area contributed by atoms with Gasteiger partial charge in [-0.3, -0.25) is 4.79 Å². The third-order valence-corrected chi connectivity index (χ3v) is 4.26. The second kappa shape index (κ2) is 9.43. The Bertz CT molecular complexity index is 1100. The molecule has 3 aromatic rings. The standard InChI is InChI=1S/C21H18F3N5O3/c22-21(23,24)13-3-7-16(8-4-13)32-15-5-1-12(2-6-15)20-28-17(19(26)31)9-18(29-20)27-14(10-25)11-30/h1-9,11,14H,10,25H2,(H2,26,31)(H,27,28,29). The van der Waals surface area contributed by atoms with Crippen LogP contribution < -0.4 is 21.5 Å². The lowest BCUT2D eigenvalue weighted by molar-refractivity contribution is -0.137. The molecule has 11 heteroatoms. The summed E-state index contributed by atoms with van der Waals surface area (Å²) in [6.07, 6.45) is -3.82. The summed E-state index contributed by atoms with van der Waals surface area (Å²) < 4.78 is 43.5. The second-order valence-electron chi connectivity index (χ2n) is 6.60. The number of aromatic nitrogens is 2. The molecular formula is C21H18F3N5O3. The number of hydrogen-bond acceptors (Lipinski definition) is 7. The lowest BCUT2D eigenvalue weighted by Gasteiger charge is -2.13. The van der Waals surface area contributed by atoms with Crippen molar-refractivity contribution >= 4 is 18.0 Å². The van der Waals surface area contributed by atoms with E-state index in [-0.39, 0.29) is 29.6 Å². The van der Waals surface area contributed by atoms with E-state index in [0.717, 1.165) is 12.1 Å². The number of nitrogens with zero attached hydrogens (tertiary/aromatic N) is 2. The highest BCUT2D eigenvalue weighted by Gasteiger charge is 2.30. The Hall–Kier alpha value is -3.99. The lowest BCUT2D eigenvalue weighted by atomic mass is 10.2. The van der Waals surface area contributed by atoms with E-state index in [4.69, 9.17) is 16.2 Å². The van der Waals surface area contributed by atoms with E-state index in [0.29, 0.717) is 17.6 Å². The highest BCUT2D eigenvalue weighted by atomic mass is 19.4. The van der Waals surface area contributed by atoms with Gasteiger partial charge in [0.05, 0.1) is 11.6 Å². The predicted molar refractivity (Wildman–Crippen MR) is 110 cm³/mol.